The van der Waals surface area contributed by atoms with Gasteiger partial charge < -0.3 is 15.2 Å². The number of carbonyl (C=O) groups is 2. The first-order chi connectivity index (χ1) is 15.9. The minimum absolute atomic E-state index is 0.202. The van der Waals surface area contributed by atoms with E-state index in [1.165, 1.54) is 23.6 Å². The molecule has 2 N–H and O–H groups in total. The van der Waals surface area contributed by atoms with Crippen LogP contribution in [-0.2, 0) is 9.59 Å². The van der Waals surface area contributed by atoms with Gasteiger partial charge in [0, 0.05) is 11.1 Å². The third-order valence-electron chi connectivity index (χ3n) is 5.26. The fraction of sp³-hybridized carbons (Fsp3) is 0.136. The van der Waals surface area contributed by atoms with E-state index in [2.05, 4.69) is 10.1 Å². The number of anilines is 1. The van der Waals surface area contributed by atoms with Gasteiger partial charge in [-0.3, -0.25) is 19.3 Å². The van der Waals surface area contributed by atoms with Crippen LogP contribution in [0.25, 0.3) is 21.9 Å². The minimum atomic E-state index is -0.649. The van der Waals surface area contributed by atoms with E-state index in [4.69, 9.17) is 15.2 Å². The summed E-state index contributed by atoms with van der Waals surface area (Å²) < 4.78 is 11.9. The van der Waals surface area contributed by atoms with Crippen LogP contribution in [0.5, 0.6) is 11.5 Å². The molecule has 0 unspecified atom stereocenters. The number of nitrogens with two attached hydrogens (primary N) is 1. The summed E-state index contributed by atoms with van der Waals surface area (Å²) in [6, 6.07) is 12.2. The molecule has 0 atom stereocenters. The number of fused-ring (bicyclic) bond motifs is 2. The highest BCUT2D eigenvalue weighted by Gasteiger charge is 2.35. The van der Waals surface area contributed by atoms with Crippen molar-refractivity contribution >= 4 is 39.4 Å². The summed E-state index contributed by atoms with van der Waals surface area (Å²) in [5, 5.41) is 4.35. The predicted molar refractivity (Wildman–Crippen MR) is 121 cm³/mol. The maximum atomic E-state index is 13.2. The summed E-state index contributed by atoms with van der Waals surface area (Å²) in [6.45, 7) is -0.280. The number of ether oxygens (including phenoxy) is 2. The summed E-state index contributed by atoms with van der Waals surface area (Å²) in [4.78, 5) is 43.9. The number of primary amides is 1. The molecule has 1 aliphatic rings. The Morgan fingerprint density at radius 1 is 1.09 bits per heavy atom. The van der Waals surface area contributed by atoms with Crippen LogP contribution in [0.3, 0.4) is 0 Å². The van der Waals surface area contributed by atoms with Gasteiger partial charge in [-0.1, -0.05) is 29.5 Å². The molecule has 3 heterocycles. The first-order valence-corrected chi connectivity index (χ1v) is 10.6. The summed E-state index contributed by atoms with van der Waals surface area (Å²) in [7, 11) is 3.07. The molecule has 0 saturated heterocycles. The number of methoxy groups -OCH3 is 2. The number of nitrogens with zero attached hydrogens (tertiary/aromatic N) is 4. The number of thiazole rings is 1. The zero-order valence-electron chi connectivity index (χ0n) is 17.6. The molecule has 1 aliphatic heterocycles. The van der Waals surface area contributed by atoms with E-state index in [0.29, 0.717) is 39.1 Å². The molecule has 4 aromatic rings. The minimum Gasteiger partial charge on any atom is -0.493 e. The highest BCUT2D eigenvalue weighted by molar-refractivity contribution is 7.15. The van der Waals surface area contributed by atoms with E-state index in [1.807, 2.05) is 0 Å². The molecule has 0 saturated carbocycles. The number of para-hydroxylation sites is 1. The molecule has 0 radical (unpaired) electrons. The Hall–Kier alpha value is -4.25. The number of hydrogen-bond donors (Lipinski definition) is 1. The second-order valence-electron chi connectivity index (χ2n) is 7.19. The standard InChI is InChI=1S/C22H17N5O5S/c1-31-14-8-7-11(9-15(14)32-2)19-24-22-27(25-19)21(30)18(33-22)17-12-5-3-4-6-13(12)26(20(17)29)10-16(23)28/h3-9H,10H2,1-2H3,(H2,23,28). The first-order valence-electron chi connectivity index (χ1n) is 9.78. The molecule has 5 rings (SSSR count). The van der Waals surface area contributed by atoms with Gasteiger partial charge in [0.05, 0.1) is 25.5 Å². The summed E-state index contributed by atoms with van der Waals surface area (Å²) in [6.07, 6.45) is 0. The lowest BCUT2D eigenvalue weighted by Gasteiger charge is -2.14. The van der Waals surface area contributed by atoms with Gasteiger partial charge in [0.15, 0.2) is 17.3 Å². The van der Waals surface area contributed by atoms with E-state index in [-0.39, 0.29) is 16.7 Å². The van der Waals surface area contributed by atoms with Crippen LogP contribution in [0.2, 0.25) is 0 Å². The maximum Gasteiger partial charge on any atom is 0.291 e. The van der Waals surface area contributed by atoms with Crippen LogP contribution in [0, 0.1) is 0 Å². The molecule has 2 amide bonds. The average molecular weight is 463 g/mol. The molecule has 33 heavy (non-hydrogen) atoms. The Labute approximate surface area is 190 Å². The Balaban J connectivity index is 1.66. The molecule has 0 fully saturated rings. The van der Waals surface area contributed by atoms with Gasteiger partial charge in [-0.15, -0.1) is 5.10 Å². The van der Waals surface area contributed by atoms with Crippen molar-refractivity contribution in [1.82, 2.24) is 14.6 Å². The molecule has 2 aromatic heterocycles. The van der Waals surface area contributed by atoms with E-state index in [9.17, 15) is 14.4 Å². The monoisotopic (exact) mass is 463 g/mol. The number of carbonyl (C=O) groups excluding carboxylic acids is 2. The number of aromatic nitrogens is 3. The van der Waals surface area contributed by atoms with Crippen LogP contribution in [0.1, 0.15) is 5.56 Å². The SMILES string of the molecule is COc1ccc(-c2nc3sc(=C4C(=O)N(CC(N)=O)c5ccccc54)c(=O)n3n2)cc1OC. The first kappa shape index (κ1) is 20.6. The molecule has 2 aromatic carbocycles. The Morgan fingerprint density at radius 3 is 2.55 bits per heavy atom. The molecular formula is C22H17N5O5S. The smallest absolute Gasteiger partial charge is 0.291 e. The van der Waals surface area contributed by atoms with E-state index in [0.717, 1.165) is 11.3 Å². The van der Waals surface area contributed by atoms with Gasteiger partial charge in [-0.05, 0) is 24.3 Å². The average Bonchev–Trinajstić information content (AvgIpc) is 3.44. The summed E-state index contributed by atoms with van der Waals surface area (Å²) in [5.41, 5.74) is 6.80. The van der Waals surface area contributed by atoms with Crippen molar-refractivity contribution in [3.05, 3.63) is 62.9 Å². The van der Waals surface area contributed by atoms with E-state index >= 15 is 0 Å². The number of amides is 2. The molecular weight excluding hydrogens is 446 g/mol. The van der Waals surface area contributed by atoms with Gasteiger partial charge in [0.2, 0.25) is 10.9 Å². The highest BCUT2D eigenvalue weighted by Crippen LogP contribution is 2.35. The second kappa shape index (κ2) is 7.71. The van der Waals surface area contributed by atoms with Crippen molar-refractivity contribution in [3.63, 3.8) is 0 Å². The van der Waals surface area contributed by atoms with Gasteiger partial charge in [-0.25, -0.2) is 0 Å². The van der Waals surface area contributed by atoms with Crippen molar-refractivity contribution in [2.75, 3.05) is 25.7 Å². The number of rotatable bonds is 5. The largest absolute Gasteiger partial charge is 0.493 e. The lowest BCUT2D eigenvalue weighted by atomic mass is 10.1. The van der Waals surface area contributed by atoms with Gasteiger partial charge in [-0.2, -0.15) is 9.50 Å². The van der Waals surface area contributed by atoms with Gasteiger partial charge in [0.25, 0.3) is 11.5 Å². The van der Waals surface area contributed by atoms with Crippen LogP contribution in [0.4, 0.5) is 5.69 Å². The highest BCUT2D eigenvalue weighted by atomic mass is 32.1. The molecule has 166 valence electrons. The van der Waals surface area contributed by atoms with Crippen LogP contribution in [0.15, 0.2) is 47.3 Å². The van der Waals surface area contributed by atoms with Crippen molar-refractivity contribution in [1.29, 1.82) is 0 Å². The van der Waals surface area contributed by atoms with Crippen LogP contribution < -0.4 is 30.2 Å². The maximum absolute atomic E-state index is 13.2. The van der Waals surface area contributed by atoms with Crippen molar-refractivity contribution < 1.29 is 19.1 Å². The molecule has 0 aliphatic carbocycles. The summed E-state index contributed by atoms with van der Waals surface area (Å²) in [5.74, 6) is 0.295. The second-order valence-corrected chi connectivity index (χ2v) is 8.16. The third kappa shape index (κ3) is 3.21. The fourth-order valence-corrected chi connectivity index (χ4v) is 4.79. The van der Waals surface area contributed by atoms with Gasteiger partial charge in [0.1, 0.15) is 11.1 Å². The van der Waals surface area contributed by atoms with E-state index in [1.54, 1.807) is 42.5 Å². The van der Waals surface area contributed by atoms with E-state index < -0.39 is 17.4 Å². The normalized spacial score (nSPS) is 14.6. The van der Waals surface area contributed by atoms with Crippen molar-refractivity contribution in [3.8, 4) is 22.9 Å². The van der Waals surface area contributed by atoms with Crippen LogP contribution in [-0.4, -0.2) is 47.2 Å². The summed E-state index contributed by atoms with van der Waals surface area (Å²) >= 11 is 1.06. The molecule has 0 bridgehead atoms. The predicted octanol–water partition coefficient (Wildman–Crippen LogP) is 0.585. The Morgan fingerprint density at radius 2 is 1.85 bits per heavy atom. The quantitative estimate of drug-likeness (QED) is 0.458. The van der Waals surface area contributed by atoms with Crippen LogP contribution >= 0.6 is 11.3 Å². The zero-order chi connectivity index (χ0) is 23.3. The lowest BCUT2D eigenvalue weighted by molar-refractivity contribution is -0.119. The fourth-order valence-electron chi connectivity index (χ4n) is 3.80. The Bertz CT molecular complexity index is 1560. The van der Waals surface area contributed by atoms with Crippen molar-refractivity contribution in [2.24, 2.45) is 5.73 Å². The number of hydrogen-bond acceptors (Lipinski definition) is 8. The zero-order valence-corrected chi connectivity index (χ0v) is 18.4. The molecule has 10 nitrogen and oxygen atoms in total. The molecule has 0 spiro atoms. The Kier molecular flexibility index (Phi) is 4.82. The van der Waals surface area contributed by atoms with Crippen molar-refractivity contribution in [2.45, 2.75) is 0 Å². The molecule has 11 heteroatoms. The topological polar surface area (TPSA) is 129 Å². The lowest BCUT2D eigenvalue weighted by Crippen LogP contribution is -2.37. The number of benzene rings is 2. The van der Waals surface area contributed by atoms with Gasteiger partial charge >= 0.3 is 0 Å². The third-order valence-corrected chi connectivity index (χ3v) is 6.29.